The third-order valence-corrected chi connectivity index (χ3v) is 3.30. The van der Waals surface area contributed by atoms with Gasteiger partial charge in [0.15, 0.2) is 11.9 Å². The zero-order valence-electron chi connectivity index (χ0n) is 10.5. The molecule has 1 aliphatic rings. The minimum Gasteiger partial charge on any atom is -0.507 e. The van der Waals surface area contributed by atoms with E-state index in [9.17, 15) is 9.90 Å². The molecule has 1 heterocycles. The molecule has 3 heteroatoms. The topological polar surface area (TPSA) is 49.8 Å². The lowest BCUT2D eigenvalue weighted by molar-refractivity contribution is 0.0951. The van der Waals surface area contributed by atoms with Gasteiger partial charge in [-0.3, -0.25) is 4.79 Å². The summed E-state index contributed by atoms with van der Waals surface area (Å²) in [6.45, 7) is 1.87. The Bertz CT molecular complexity index is 619. The molecule has 2 aromatic rings. The van der Waals surface area contributed by atoms with E-state index in [0.29, 0.717) is 5.56 Å². The number of aromatic hydroxyl groups is 1. The van der Waals surface area contributed by atoms with Gasteiger partial charge in [0.1, 0.15) is 11.9 Å². The summed E-state index contributed by atoms with van der Waals surface area (Å²) < 4.78 is 5.44. The molecule has 1 aliphatic heterocycles. The molecular weight excluding hydrogens is 240 g/mol. The second kappa shape index (κ2) is 4.52. The molecule has 0 saturated carbocycles. The van der Waals surface area contributed by atoms with Crippen molar-refractivity contribution in [3.05, 3.63) is 65.2 Å². The fourth-order valence-electron chi connectivity index (χ4n) is 2.21. The summed E-state index contributed by atoms with van der Waals surface area (Å²) in [5.41, 5.74) is 2.24. The highest BCUT2D eigenvalue weighted by molar-refractivity contribution is 6.03. The molecule has 0 aromatic heterocycles. The number of ether oxygens (including phenoxy) is 1. The van der Waals surface area contributed by atoms with Crippen molar-refractivity contribution in [3.63, 3.8) is 0 Å². The molecule has 3 rings (SSSR count). The van der Waals surface area contributed by atoms with Crippen molar-refractivity contribution in [1.29, 1.82) is 0 Å². The summed E-state index contributed by atoms with van der Waals surface area (Å²) in [5.74, 6) is -0.140. The normalized spacial score (nSPS) is 21.1. The van der Waals surface area contributed by atoms with Crippen molar-refractivity contribution < 1.29 is 14.6 Å². The van der Waals surface area contributed by atoms with Gasteiger partial charge in [-0.15, -0.1) is 0 Å². The van der Waals surface area contributed by atoms with Crippen molar-refractivity contribution in [1.82, 2.24) is 0 Å². The maximum atomic E-state index is 12.2. The Hall–Kier alpha value is -2.13. The monoisotopic (exact) mass is 254 g/mol. The molecular formula is C16H14O3. The SMILES string of the molecule is Cc1ccc(C(=O)[C@@H]2O[C@H]2c2ccccc2)c(O)c1. The summed E-state index contributed by atoms with van der Waals surface area (Å²) in [6.07, 6.45) is -0.662. The predicted octanol–water partition coefficient (Wildman–Crippen LogP) is 3.02. The minimum absolute atomic E-state index is 0.0207. The highest BCUT2D eigenvalue weighted by Crippen LogP contribution is 2.41. The molecule has 0 aliphatic carbocycles. The van der Waals surface area contributed by atoms with Gasteiger partial charge in [-0.1, -0.05) is 36.4 Å². The average molecular weight is 254 g/mol. The summed E-state index contributed by atoms with van der Waals surface area (Å²) in [5, 5.41) is 9.82. The highest BCUT2D eigenvalue weighted by atomic mass is 16.6. The first-order valence-electron chi connectivity index (χ1n) is 6.21. The van der Waals surface area contributed by atoms with Crippen LogP contribution in [0.15, 0.2) is 48.5 Å². The maximum Gasteiger partial charge on any atom is 0.198 e. The van der Waals surface area contributed by atoms with Crippen LogP contribution < -0.4 is 0 Å². The molecule has 0 amide bonds. The molecule has 0 unspecified atom stereocenters. The molecule has 96 valence electrons. The number of rotatable bonds is 3. The minimum atomic E-state index is -0.476. The van der Waals surface area contributed by atoms with Gasteiger partial charge >= 0.3 is 0 Å². The van der Waals surface area contributed by atoms with E-state index in [1.54, 1.807) is 12.1 Å². The first kappa shape index (κ1) is 11.9. The van der Waals surface area contributed by atoms with E-state index in [4.69, 9.17) is 4.74 Å². The van der Waals surface area contributed by atoms with Gasteiger partial charge < -0.3 is 9.84 Å². The van der Waals surface area contributed by atoms with E-state index in [0.717, 1.165) is 11.1 Å². The maximum absolute atomic E-state index is 12.2. The average Bonchev–Trinajstić information content (AvgIpc) is 3.19. The van der Waals surface area contributed by atoms with Gasteiger partial charge in [0.05, 0.1) is 5.56 Å². The molecule has 2 aromatic carbocycles. The van der Waals surface area contributed by atoms with Gasteiger partial charge in [0.25, 0.3) is 0 Å². The molecule has 2 atom stereocenters. The van der Waals surface area contributed by atoms with Gasteiger partial charge in [-0.05, 0) is 30.2 Å². The molecule has 0 spiro atoms. The molecule has 19 heavy (non-hydrogen) atoms. The number of phenols is 1. The van der Waals surface area contributed by atoms with E-state index in [2.05, 4.69) is 0 Å². The number of carbonyl (C=O) groups excluding carboxylic acids is 1. The van der Waals surface area contributed by atoms with Crippen molar-refractivity contribution in [2.24, 2.45) is 0 Å². The summed E-state index contributed by atoms with van der Waals surface area (Å²) in [6, 6.07) is 14.7. The summed E-state index contributed by atoms with van der Waals surface area (Å²) >= 11 is 0. The number of benzene rings is 2. The lowest BCUT2D eigenvalue weighted by Crippen LogP contribution is -2.08. The lowest BCUT2D eigenvalue weighted by Gasteiger charge is -2.02. The van der Waals surface area contributed by atoms with Crippen molar-refractivity contribution in [2.45, 2.75) is 19.1 Å². The van der Waals surface area contributed by atoms with Crippen LogP contribution in [0.25, 0.3) is 0 Å². The smallest absolute Gasteiger partial charge is 0.198 e. The van der Waals surface area contributed by atoms with Crippen LogP contribution in [-0.4, -0.2) is 17.0 Å². The molecule has 1 fully saturated rings. The van der Waals surface area contributed by atoms with Gasteiger partial charge in [-0.2, -0.15) is 0 Å². The van der Waals surface area contributed by atoms with Crippen LogP contribution in [0.5, 0.6) is 5.75 Å². The van der Waals surface area contributed by atoms with E-state index >= 15 is 0 Å². The van der Waals surface area contributed by atoms with E-state index in [-0.39, 0.29) is 17.6 Å². The quantitative estimate of drug-likeness (QED) is 0.676. The molecule has 0 bridgehead atoms. The van der Waals surface area contributed by atoms with Crippen molar-refractivity contribution >= 4 is 5.78 Å². The fourth-order valence-corrected chi connectivity index (χ4v) is 2.21. The Kier molecular flexibility index (Phi) is 2.84. The molecule has 1 N–H and O–H groups in total. The van der Waals surface area contributed by atoms with E-state index < -0.39 is 6.10 Å². The Balaban J connectivity index is 1.80. The van der Waals surface area contributed by atoms with E-state index in [1.807, 2.05) is 43.3 Å². The number of hydrogen-bond donors (Lipinski definition) is 1. The second-order valence-corrected chi connectivity index (χ2v) is 4.77. The van der Waals surface area contributed by atoms with Gasteiger partial charge in [0.2, 0.25) is 0 Å². The number of carbonyl (C=O) groups is 1. The van der Waals surface area contributed by atoms with Gasteiger partial charge in [-0.25, -0.2) is 0 Å². The first-order chi connectivity index (χ1) is 9.16. The molecule has 1 saturated heterocycles. The Labute approximate surface area is 111 Å². The zero-order valence-corrected chi connectivity index (χ0v) is 10.5. The number of ketones is 1. The number of aryl methyl sites for hydroxylation is 1. The Morgan fingerprint density at radius 1 is 1.16 bits per heavy atom. The molecule has 3 nitrogen and oxygen atoms in total. The van der Waals surface area contributed by atoms with Crippen molar-refractivity contribution in [2.75, 3.05) is 0 Å². The van der Waals surface area contributed by atoms with Crippen LogP contribution in [0.2, 0.25) is 0 Å². The molecule has 0 radical (unpaired) electrons. The van der Waals surface area contributed by atoms with Crippen LogP contribution in [0, 0.1) is 6.92 Å². The lowest BCUT2D eigenvalue weighted by atomic mass is 10.0. The second-order valence-electron chi connectivity index (χ2n) is 4.77. The number of hydrogen-bond acceptors (Lipinski definition) is 3. The fraction of sp³-hybridized carbons (Fsp3) is 0.188. The van der Waals surface area contributed by atoms with Gasteiger partial charge in [0, 0.05) is 0 Å². The Morgan fingerprint density at radius 2 is 1.89 bits per heavy atom. The largest absolute Gasteiger partial charge is 0.507 e. The third-order valence-electron chi connectivity index (χ3n) is 3.30. The summed E-state index contributed by atoms with van der Waals surface area (Å²) in [7, 11) is 0. The third kappa shape index (κ3) is 2.25. The van der Waals surface area contributed by atoms with Crippen LogP contribution in [0.4, 0.5) is 0 Å². The van der Waals surface area contributed by atoms with Crippen LogP contribution in [0.3, 0.4) is 0 Å². The number of phenolic OH excluding ortho intramolecular Hbond substituents is 1. The van der Waals surface area contributed by atoms with Crippen LogP contribution in [0.1, 0.15) is 27.6 Å². The zero-order chi connectivity index (χ0) is 13.4. The number of Topliss-reactive ketones (excluding diaryl/α,β-unsaturated/α-hetero) is 1. The first-order valence-corrected chi connectivity index (χ1v) is 6.21. The van der Waals surface area contributed by atoms with Crippen LogP contribution in [-0.2, 0) is 4.74 Å². The van der Waals surface area contributed by atoms with E-state index in [1.165, 1.54) is 0 Å². The predicted molar refractivity (Wildman–Crippen MR) is 71.2 cm³/mol. The van der Waals surface area contributed by atoms with Crippen LogP contribution >= 0.6 is 0 Å². The Morgan fingerprint density at radius 3 is 2.58 bits per heavy atom. The summed E-state index contributed by atoms with van der Waals surface area (Å²) in [4.78, 5) is 12.2. The number of epoxide rings is 1. The highest BCUT2D eigenvalue weighted by Gasteiger charge is 2.46. The standard InChI is InChI=1S/C16H14O3/c1-10-7-8-12(13(17)9-10)14(18)16-15(19-16)11-5-3-2-4-6-11/h2-9,15-17H,1H3/t15-,16-/m0/s1. The van der Waals surface area contributed by atoms with Crippen molar-refractivity contribution in [3.8, 4) is 5.75 Å².